The average molecular weight is 345 g/mol. The Labute approximate surface area is 142 Å². The summed E-state index contributed by atoms with van der Waals surface area (Å²) in [5, 5.41) is 14.3. The minimum Gasteiger partial charge on any atom is -0.395 e. The van der Waals surface area contributed by atoms with E-state index in [0.717, 1.165) is 16.6 Å². The molecule has 0 aromatic carbocycles. The zero-order valence-electron chi connectivity index (χ0n) is 13.7. The third kappa shape index (κ3) is 2.29. The lowest BCUT2D eigenvalue weighted by Gasteiger charge is -2.18. The van der Waals surface area contributed by atoms with Gasteiger partial charge >= 0.3 is 0 Å². The minimum absolute atomic E-state index is 0.0863. The van der Waals surface area contributed by atoms with Crippen molar-refractivity contribution in [1.82, 2.24) is 24.5 Å². The van der Waals surface area contributed by atoms with Crippen LogP contribution in [0.2, 0.25) is 0 Å². The molecule has 0 radical (unpaired) electrons. The topological polar surface area (TPSA) is 83.6 Å². The molecule has 1 atom stereocenters. The van der Waals surface area contributed by atoms with E-state index in [4.69, 9.17) is 5.11 Å². The van der Waals surface area contributed by atoms with E-state index < -0.39 is 0 Å². The molecule has 7 nitrogen and oxygen atoms in total. The van der Waals surface area contributed by atoms with Crippen LogP contribution in [0.15, 0.2) is 6.33 Å². The molecule has 4 rings (SSSR count). The van der Waals surface area contributed by atoms with Gasteiger partial charge in [-0.15, -0.1) is 16.4 Å². The number of aliphatic hydroxyl groups excluding tert-OH is 1. The Balaban J connectivity index is 1.89. The van der Waals surface area contributed by atoms with E-state index in [9.17, 15) is 4.79 Å². The molecule has 0 saturated carbocycles. The second kappa shape index (κ2) is 5.78. The fourth-order valence-corrected chi connectivity index (χ4v) is 4.69. The molecule has 1 aliphatic carbocycles. The number of rotatable bonds is 3. The van der Waals surface area contributed by atoms with E-state index in [1.807, 2.05) is 0 Å². The fourth-order valence-electron chi connectivity index (χ4n) is 3.40. The number of amides is 1. The monoisotopic (exact) mass is 345 g/mol. The Morgan fingerprint density at radius 2 is 2.38 bits per heavy atom. The molecule has 0 spiro atoms. The van der Waals surface area contributed by atoms with Crippen LogP contribution in [0.4, 0.5) is 0 Å². The molecule has 3 heterocycles. The predicted molar refractivity (Wildman–Crippen MR) is 91.6 cm³/mol. The molecule has 0 saturated heterocycles. The first-order valence-corrected chi connectivity index (χ1v) is 8.94. The van der Waals surface area contributed by atoms with Gasteiger partial charge in [0.1, 0.15) is 11.2 Å². The maximum absolute atomic E-state index is 12.4. The largest absolute Gasteiger partial charge is 0.395 e. The lowest BCUT2D eigenvalue weighted by atomic mass is 9.87. The first kappa shape index (κ1) is 15.5. The molecule has 1 aliphatic rings. The Morgan fingerprint density at radius 3 is 3.17 bits per heavy atom. The zero-order valence-corrected chi connectivity index (χ0v) is 14.5. The van der Waals surface area contributed by atoms with Crippen LogP contribution in [0, 0.1) is 0 Å². The van der Waals surface area contributed by atoms with Crippen molar-refractivity contribution in [2.24, 2.45) is 0 Å². The second-order valence-corrected chi connectivity index (χ2v) is 7.39. The smallest absolute Gasteiger partial charge is 0.293 e. The standard InChI is InChI=1S/C16H19N5O2S/c1-9-4-3-5-10-11(9)12-14-18-13(16(23)20(2)6-7-22)19-21(14)8-17-15(12)24-10/h8-9,22H,3-7H2,1-2H3/t9-/m1/s1. The average Bonchev–Trinajstić information content (AvgIpc) is 3.15. The highest BCUT2D eigenvalue weighted by atomic mass is 32.1. The van der Waals surface area contributed by atoms with Gasteiger partial charge in [-0.2, -0.15) is 0 Å². The Bertz CT molecular complexity index is 931. The van der Waals surface area contributed by atoms with Gasteiger partial charge in [0, 0.05) is 18.5 Å². The quantitative estimate of drug-likeness (QED) is 0.783. The van der Waals surface area contributed by atoms with Gasteiger partial charge in [-0.3, -0.25) is 4.79 Å². The maximum Gasteiger partial charge on any atom is 0.293 e. The van der Waals surface area contributed by atoms with Crippen molar-refractivity contribution >= 4 is 33.1 Å². The van der Waals surface area contributed by atoms with Gasteiger partial charge in [0.2, 0.25) is 5.82 Å². The summed E-state index contributed by atoms with van der Waals surface area (Å²) in [7, 11) is 1.63. The molecule has 3 aromatic heterocycles. The van der Waals surface area contributed by atoms with Crippen molar-refractivity contribution in [2.75, 3.05) is 20.2 Å². The number of likely N-dealkylation sites (N-methyl/N-ethyl adjacent to an activating group) is 1. The van der Waals surface area contributed by atoms with Crippen molar-refractivity contribution in [3.05, 3.63) is 22.6 Å². The predicted octanol–water partition coefficient (Wildman–Crippen LogP) is 1.84. The number of carbonyl (C=O) groups excluding carboxylic acids is 1. The molecule has 8 heteroatoms. The van der Waals surface area contributed by atoms with Crippen molar-refractivity contribution in [3.63, 3.8) is 0 Å². The van der Waals surface area contributed by atoms with E-state index in [1.54, 1.807) is 29.2 Å². The van der Waals surface area contributed by atoms with Crippen LogP contribution in [0.5, 0.6) is 0 Å². The van der Waals surface area contributed by atoms with E-state index in [0.29, 0.717) is 11.6 Å². The number of aliphatic hydroxyl groups is 1. The number of carbonyl (C=O) groups is 1. The van der Waals surface area contributed by atoms with Crippen LogP contribution in [0.3, 0.4) is 0 Å². The first-order valence-electron chi connectivity index (χ1n) is 8.13. The highest BCUT2D eigenvalue weighted by Crippen LogP contribution is 2.42. The zero-order chi connectivity index (χ0) is 16.8. The van der Waals surface area contributed by atoms with Gasteiger partial charge in [0.15, 0.2) is 5.65 Å². The third-order valence-corrected chi connectivity index (χ3v) is 5.82. The molecule has 0 aliphatic heterocycles. The van der Waals surface area contributed by atoms with Crippen LogP contribution in [-0.4, -0.2) is 55.7 Å². The lowest BCUT2D eigenvalue weighted by molar-refractivity contribution is 0.0755. The van der Waals surface area contributed by atoms with Crippen LogP contribution >= 0.6 is 11.3 Å². The van der Waals surface area contributed by atoms with Crippen LogP contribution < -0.4 is 0 Å². The molecule has 126 valence electrons. The van der Waals surface area contributed by atoms with E-state index in [-0.39, 0.29) is 24.9 Å². The van der Waals surface area contributed by atoms with E-state index in [1.165, 1.54) is 28.2 Å². The summed E-state index contributed by atoms with van der Waals surface area (Å²) in [6.07, 6.45) is 5.09. The highest BCUT2D eigenvalue weighted by molar-refractivity contribution is 7.19. The summed E-state index contributed by atoms with van der Waals surface area (Å²) in [6, 6.07) is 0. The van der Waals surface area contributed by atoms with Gasteiger partial charge in [-0.1, -0.05) is 6.92 Å². The summed E-state index contributed by atoms with van der Waals surface area (Å²) >= 11 is 1.73. The van der Waals surface area contributed by atoms with E-state index in [2.05, 4.69) is 22.0 Å². The van der Waals surface area contributed by atoms with Crippen LogP contribution in [-0.2, 0) is 6.42 Å². The Morgan fingerprint density at radius 1 is 1.54 bits per heavy atom. The van der Waals surface area contributed by atoms with Crippen molar-refractivity contribution in [1.29, 1.82) is 0 Å². The SMILES string of the molecule is C[C@@H]1CCCc2sc3ncn4nc(C(=O)N(C)CCO)nc4c3c21. The third-order valence-electron chi connectivity index (χ3n) is 4.65. The number of hydrogen-bond acceptors (Lipinski definition) is 6. The van der Waals surface area contributed by atoms with Crippen LogP contribution in [0.25, 0.3) is 15.9 Å². The first-order chi connectivity index (χ1) is 11.6. The van der Waals surface area contributed by atoms with Crippen LogP contribution in [0.1, 0.15) is 46.7 Å². The minimum atomic E-state index is -0.293. The molecule has 24 heavy (non-hydrogen) atoms. The number of aromatic nitrogens is 4. The number of hydrogen-bond donors (Lipinski definition) is 1. The summed E-state index contributed by atoms with van der Waals surface area (Å²) in [4.78, 5) is 25.2. The summed E-state index contributed by atoms with van der Waals surface area (Å²) < 4.78 is 1.59. The molecule has 0 fully saturated rings. The normalized spacial score (nSPS) is 17.4. The summed E-state index contributed by atoms with van der Waals surface area (Å²) in [6.45, 7) is 2.41. The van der Waals surface area contributed by atoms with Crippen molar-refractivity contribution < 1.29 is 9.90 Å². The number of thiophene rings is 1. The van der Waals surface area contributed by atoms with Crippen molar-refractivity contribution in [3.8, 4) is 0 Å². The molecular formula is C16H19N5O2S. The van der Waals surface area contributed by atoms with Gasteiger partial charge in [-0.25, -0.2) is 14.5 Å². The molecule has 1 amide bonds. The Hall–Kier alpha value is -2.06. The summed E-state index contributed by atoms with van der Waals surface area (Å²) in [5.41, 5.74) is 2.03. The molecule has 3 aromatic rings. The fraction of sp³-hybridized carbons (Fsp3) is 0.500. The number of nitrogens with zero attached hydrogens (tertiary/aromatic N) is 5. The Kier molecular flexibility index (Phi) is 3.73. The van der Waals surface area contributed by atoms with Crippen molar-refractivity contribution in [2.45, 2.75) is 32.1 Å². The van der Waals surface area contributed by atoms with Gasteiger partial charge in [-0.05, 0) is 30.7 Å². The summed E-state index contributed by atoms with van der Waals surface area (Å²) in [5.74, 6) is 0.324. The molecule has 0 bridgehead atoms. The number of fused-ring (bicyclic) bond motifs is 5. The molecule has 0 unspecified atom stereocenters. The van der Waals surface area contributed by atoms with Gasteiger partial charge < -0.3 is 10.0 Å². The molecule has 1 N–H and O–H groups in total. The van der Waals surface area contributed by atoms with Gasteiger partial charge in [0.25, 0.3) is 5.91 Å². The lowest BCUT2D eigenvalue weighted by Crippen LogP contribution is -2.30. The maximum atomic E-state index is 12.4. The molecular weight excluding hydrogens is 326 g/mol. The second-order valence-electron chi connectivity index (χ2n) is 6.31. The van der Waals surface area contributed by atoms with Gasteiger partial charge in [0.05, 0.1) is 12.0 Å². The highest BCUT2D eigenvalue weighted by Gasteiger charge is 2.26. The van der Waals surface area contributed by atoms with E-state index >= 15 is 0 Å². The number of aryl methyl sites for hydroxylation is 1.